The first kappa shape index (κ1) is 12.1. The number of ketones is 1. The van der Waals surface area contributed by atoms with Gasteiger partial charge in [0.2, 0.25) is 6.04 Å². The molecule has 0 aromatic heterocycles. The summed E-state index contributed by atoms with van der Waals surface area (Å²) < 4.78 is 0. The fraction of sp³-hybridized carbons (Fsp3) is 0.900. The summed E-state index contributed by atoms with van der Waals surface area (Å²) in [5.74, 6) is -0.820. The lowest BCUT2D eigenvalue weighted by Gasteiger charge is -2.30. The minimum absolute atomic E-state index is 0.0194. The number of Topliss-reactive ketones (excluding diaryl/α,β-unsaturated/α-hetero) is 1. The van der Waals surface area contributed by atoms with Gasteiger partial charge in [-0.3, -0.25) is 14.9 Å². The Morgan fingerprint density at radius 2 is 2.33 bits per heavy atom. The van der Waals surface area contributed by atoms with Crippen LogP contribution in [-0.2, 0) is 4.79 Å². The number of nitro groups is 1. The summed E-state index contributed by atoms with van der Waals surface area (Å²) in [6.45, 7) is 1.49. The lowest BCUT2D eigenvalue weighted by molar-refractivity contribution is -0.534. The number of carbonyl (C=O) groups is 1. The molecule has 5 heteroatoms. The molecule has 5 nitrogen and oxygen atoms in total. The number of carbonyl (C=O) groups excluding carboxylic acids is 1. The van der Waals surface area contributed by atoms with E-state index < -0.39 is 12.0 Å². The molecule has 3 atom stereocenters. The van der Waals surface area contributed by atoms with Crippen molar-refractivity contribution in [3.8, 4) is 0 Å². The largest absolute Gasteiger partial charge is 0.396 e. The van der Waals surface area contributed by atoms with Crippen LogP contribution in [0, 0.1) is 22.0 Å². The average molecular weight is 215 g/mol. The first-order chi connectivity index (χ1) is 7.11. The van der Waals surface area contributed by atoms with Gasteiger partial charge in [-0.2, -0.15) is 0 Å². The zero-order chi connectivity index (χ0) is 11.4. The molecule has 0 unspecified atom stereocenters. The zero-order valence-electron chi connectivity index (χ0n) is 8.89. The van der Waals surface area contributed by atoms with Crippen molar-refractivity contribution in [2.75, 3.05) is 6.61 Å². The summed E-state index contributed by atoms with van der Waals surface area (Å²) >= 11 is 0. The van der Waals surface area contributed by atoms with E-state index in [9.17, 15) is 14.9 Å². The second-order valence-electron chi connectivity index (χ2n) is 4.07. The number of rotatable bonds is 4. The first-order valence-corrected chi connectivity index (χ1v) is 5.38. The van der Waals surface area contributed by atoms with E-state index in [1.165, 1.54) is 0 Å². The van der Waals surface area contributed by atoms with Crippen LogP contribution in [-0.4, -0.2) is 28.5 Å². The smallest absolute Gasteiger partial charge is 0.216 e. The molecule has 1 saturated carbocycles. The Morgan fingerprint density at radius 3 is 2.80 bits per heavy atom. The summed E-state index contributed by atoms with van der Waals surface area (Å²) in [6, 6.07) is -0.689. The van der Waals surface area contributed by atoms with Gasteiger partial charge in [-0.1, -0.05) is 6.92 Å². The fourth-order valence-electron chi connectivity index (χ4n) is 2.44. The third-order valence-electron chi connectivity index (χ3n) is 3.27. The molecule has 86 valence electrons. The third-order valence-corrected chi connectivity index (χ3v) is 3.27. The zero-order valence-corrected chi connectivity index (χ0v) is 8.89. The predicted molar refractivity (Wildman–Crippen MR) is 54.0 cm³/mol. The number of aliphatic hydroxyl groups is 1. The maximum atomic E-state index is 11.5. The number of hydrogen-bond acceptors (Lipinski definition) is 4. The maximum Gasteiger partial charge on any atom is 0.216 e. The highest BCUT2D eigenvalue weighted by atomic mass is 16.6. The van der Waals surface area contributed by atoms with Gasteiger partial charge in [0, 0.05) is 23.7 Å². The van der Waals surface area contributed by atoms with Crippen molar-refractivity contribution < 1.29 is 14.8 Å². The quantitative estimate of drug-likeness (QED) is 0.560. The van der Waals surface area contributed by atoms with Gasteiger partial charge < -0.3 is 5.11 Å². The molecule has 0 spiro atoms. The van der Waals surface area contributed by atoms with Crippen molar-refractivity contribution in [3.05, 3.63) is 10.1 Å². The van der Waals surface area contributed by atoms with E-state index in [4.69, 9.17) is 5.11 Å². The molecule has 0 aromatic carbocycles. The second kappa shape index (κ2) is 5.21. The van der Waals surface area contributed by atoms with Crippen molar-refractivity contribution in [2.24, 2.45) is 11.8 Å². The Balaban J connectivity index is 2.80. The van der Waals surface area contributed by atoms with Gasteiger partial charge in [0.05, 0.1) is 12.5 Å². The van der Waals surface area contributed by atoms with Crippen molar-refractivity contribution in [2.45, 2.75) is 38.6 Å². The molecule has 0 aromatic rings. The van der Waals surface area contributed by atoms with Crippen LogP contribution in [0.15, 0.2) is 0 Å². The van der Waals surface area contributed by atoms with E-state index in [1.807, 2.05) is 0 Å². The van der Waals surface area contributed by atoms with E-state index in [0.29, 0.717) is 25.7 Å². The predicted octanol–water partition coefficient (Wildman–Crippen LogP) is 1.02. The molecule has 0 bridgehead atoms. The average Bonchev–Trinajstić information content (AvgIpc) is 2.18. The van der Waals surface area contributed by atoms with E-state index in [0.717, 1.165) is 0 Å². The van der Waals surface area contributed by atoms with Crippen LogP contribution in [0.3, 0.4) is 0 Å². The number of hydrogen-bond donors (Lipinski definition) is 1. The van der Waals surface area contributed by atoms with Crippen LogP contribution < -0.4 is 0 Å². The normalized spacial score (nSPS) is 28.8. The molecule has 0 radical (unpaired) electrons. The summed E-state index contributed by atoms with van der Waals surface area (Å²) in [6.07, 6.45) is 2.26. The molecule has 1 aliphatic rings. The molecule has 1 fully saturated rings. The Bertz CT molecular complexity index is 248. The van der Waals surface area contributed by atoms with Crippen LogP contribution in [0.1, 0.15) is 32.6 Å². The Kier molecular flexibility index (Phi) is 4.20. The molecule has 0 aliphatic heterocycles. The summed E-state index contributed by atoms with van der Waals surface area (Å²) in [5, 5.41) is 19.9. The molecule has 1 aliphatic carbocycles. The lowest BCUT2D eigenvalue weighted by Crippen LogP contribution is -2.41. The van der Waals surface area contributed by atoms with Gasteiger partial charge in [0.15, 0.2) is 0 Å². The van der Waals surface area contributed by atoms with Gasteiger partial charge in [-0.25, -0.2) is 0 Å². The minimum atomic E-state index is -0.689. The van der Waals surface area contributed by atoms with E-state index in [2.05, 4.69) is 0 Å². The van der Waals surface area contributed by atoms with Crippen LogP contribution in [0.2, 0.25) is 0 Å². The number of nitrogens with zero attached hydrogens (tertiary/aromatic N) is 1. The van der Waals surface area contributed by atoms with Crippen molar-refractivity contribution in [3.63, 3.8) is 0 Å². The van der Waals surface area contributed by atoms with Crippen LogP contribution >= 0.6 is 0 Å². The van der Waals surface area contributed by atoms with Crippen LogP contribution in [0.5, 0.6) is 0 Å². The minimum Gasteiger partial charge on any atom is -0.396 e. The third kappa shape index (κ3) is 2.53. The highest BCUT2D eigenvalue weighted by Crippen LogP contribution is 2.32. The monoisotopic (exact) mass is 215 g/mol. The molecule has 0 amide bonds. The van der Waals surface area contributed by atoms with E-state index >= 15 is 0 Å². The van der Waals surface area contributed by atoms with Gasteiger partial charge in [-0.15, -0.1) is 0 Å². The van der Waals surface area contributed by atoms with Crippen molar-refractivity contribution >= 4 is 5.78 Å². The highest BCUT2D eigenvalue weighted by molar-refractivity contribution is 5.82. The Labute approximate surface area is 88.6 Å². The molecule has 0 heterocycles. The molecule has 0 saturated heterocycles. The molecule has 1 N–H and O–H groups in total. The van der Waals surface area contributed by atoms with Crippen LogP contribution in [0.4, 0.5) is 0 Å². The van der Waals surface area contributed by atoms with Gasteiger partial charge >= 0.3 is 0 Å². The molecular weight excluding hydrogens is 198 g/mol. The number of aliphatic hydroxyl groups excluding tert-OH is 1. The maximum absolute atomic E-state index is 11.5. The topological polar surface area (TPSA) is 80.4 Å². The van der Waals surface area contributed by atoms with Crippen molar-refractivity contribution in [1.82, 2.24) is 0 Å². The fourth-order valence-corrected chi connectivity index (χ4v) is 2.44. The summed E-state index contributed by atoms with van der Waals surface area (Å²) in [5.41, 5.74) is 0. The molecule has 1 rings (SSSR count). The Morgan fingerprint density at radius 1 is 1.67 bits per heavy atom. The van der Waals surface area contributed by atoms with E-state index in [-0.39, 0.29) is 23.2 Å². The SMILES string of the molecule is CC[C@@H]([C@@H]1CCCC(=O)[C@H]1CO)[N+](=O)[O-]. The van der Waals surface area contributed by atoms with Gasteiger partial charge in [0.1, 0.15) is 5.78 Å². The van der Waals surface area contributed by atoms with Crippen LogP contribution in [0.25, 0.3) is 0 Å². The highest BCUT2D eigenvalue weighted by Gasteiger charge is 2.41. The standard InChI is InChI=1S/C10H17NO4/c1-2-9(11(14)15)7-4-3-5-10(13)8(7)6-12/h7-9,12H,2-6H2,1H3/t7-,8+,9+/m1/s1. The molecular formula is C10H17NO4. The lowest BCUT2D eigenvalue weighted by atomic mass is 9.74. The summed E-state index contributed by atoms with van der Waals surface area (Å²) in [7, 11) is 0. The van der Waals surface area contributed by atoms with E-state index in [1.54, 1.807) is 6.92 Å². The van der Waals surface area contributed by atoms with Crippen molar-refractivity contribution in [1.29, 1.82) is 0 Å². The van der Waals surface area contributed by atoms with Gasteiger partial charge in [-0.05, 0) is 12.8 Å². The van der Waals surface area contributed by atoms with Gasteiger partial charge in [0.25, 0.3) is 0 Å². The second-order valence-corrected chi connectivity index (χ2v) is 4.07. The summed E-state index contributed by atoms with van der Waals surface area (Å²) in [4.78, 5) is 22.0. The molecule has 15 heavy (non-hydrogen) atoms. The Hall–Kier alpha value is -0.970. The first-order valence-electron chi connectivity index (χ1n) is 5.38.